The molecule has 0 spiro atoms. The van der Waals surface area contributed by atoms with E-state index in [2.05, 4.69) is 50.5 Å². The summed E-state index contributed by atoms with van der Waals surface area (Å²) in [6.45, 7) is 14.4. The van der Waals surface area contributed by atoms with Crippen molar-refractivity contribution in [2.24, 2.45) is 0 Å². The van der Waals surface area contributed by atoms with Gasteiger partial charge in [0.2, 0.25) is 0 Å². The van der Waals surface area contributed by atoms with Gasteiger partial charge < -0.3 is 10.1 Å². The monoisotopic (exact) mass is 323 g/mol. The fraction of sp³-hybridized carbons (Fsp3) is 0.318. The van der Waals surface area contributed by atoms with E-state index in [1.807, 2.05) is 25.2 Å². The lowest BCUT2D eigenvalue weighted by Crippen LogP contribution is -2.09. The summed E-state index contributed by atoms with van der Waals surface area (Å²) < 4.78 is 0. The van der Waals surface area contributed by atoms with Crippen molar-refractivity contribution in [3.63, 3.8) is 0 Å². The maximum absolute atomic E-state index is 10.3. The Morgan fingerprint density at radius 3 is 2.50 bits per heavy atom. The van der Waals surface area contributed by atoms with Gasteiger partial charge in [0.15, 0.2) is 0 Å². The third kappa shape index (κ3) is 6.82. The molecule has 0 atom stereocenters. The summed E-state index contributed by atoms with van der Waals surface area (Å²) in [6.07, 6.45) is 10.5. The Hall–Kier alpha value is -2.35. The summed E-state index contributed by atoms with van der Waals surface area (Å²) in [5, 5.41) is 3.35. The molecule has 128 valence electrons. The average molecular weight is 323 g/mol. The summed E-state index contributed by atoms with van der Waals surface area (Å²) in [7, 11) is 0. The van der Waals surface area contributed by atoms with E-state index >= 15 is 0 Å². The van der Waals surface area contributed by atoms with Gasteiger partial charge >= 0.3 is 0 Å². The standard InChI is InChI=1S/C22H29NO/c1-6-22(14-11-17(2)10-8-7-9-15-24)23-20(5)21-13-12-18(3)19(4)16-21/h6,11-16,23H,2,5,7-10H2,1,3-4H3/b14-11-,22-6+. The van der Waals surface area contributed by atoms with Crippen molar-refractivity contribution in [3.05, 3.63) is 77.5 Å². The molecule has 1 rings (SSSR count). The molecular weight excluding hydrogens is 294 g/mol. The number of aldehydes is 1. The predicted molar refractivity (Wildman–Crippen MR) is 105 cm³/mol. The van der Waals surface area contributed by atoms with E-state index in [-0.39, 0.29) is 0 Å². The quantitative estimate of drug-likeness (QED) is 0.343. The molecule has 1 aromatic carbocycles. The van der Waals surface area contributed by atoms with E-state index in [0.717, 1.165) is 48.1 Å². The Morgan fingerprint density at radius 2 is 1.88 bits per heavy atom. The Labute approximate surface area is 146 Å². The van der Waals surface area contributed by atoms with Gasteiger partial charge in [-0.05, 0) is 68.9 Å². The second-order valence-corrected chi connectivity index (χ2v) is 6.05. The molecule has 0 aliphatic rings. The SMILES string of the molecule is C=C(/C=C\C(=C/C)NC(=C)c1ccc(C)c(C)c1)CCCCC=O. The number of carbonyl (C=O) groups excluding carboxylic acids is 1. The Bertz CT molecular complexity index is 650. The minimum atomic E-state index is 0.633. The lowest BCUT2D eigenvalue weighted by Gasteiger charge is -2.12. The van der Waals surface area contributed by atoms with Gasteiger partial charge in [-0.1, -0.05) is 43.0 Å². The highest BCUT2D eigenvalue weighted by molar-refractivity contribution is 5.65. The molecule has 0 heterocycles. The van der Waals surface area contributed by atoms with Crippen molar-refractivity contribution >= 4 is 12.0 Å². The minimum Gasteiger partial charge on any atom is -0.356 e. The summed E-state index contributed by atoms with van der Waals surface area (Å²) in [5.74, 6) is 0. The number of rotatable bonds is 10. The number of allylic oxidation sites excluding steroid dienone is 4. The normalized spacial score (nSPS) is 11.5. The molecule has 0 aromatic heterocycles. The second-order valence-electron chi connectivity index (χ2n) is 6.05. The smallest absolute Gasteiger partial charge is 0.119 e. The molecule has 0 amide bonds. The van der Waals surface area contributed by atoms with E-state index in [9.17, 15) is 4.79 Å². The number of nitrogens with one attached hydrogen (secondary N) is 1. The highest BCUT2D eigenvalue weighted by Gasteiger charge is 2.02. The molecule has 0 saturated heterocycles. The van der Waals surface area contributed by atoms with Gasteiger partial charge in [-0.25, -0.2) is 0 Å². The molecule has 0 aliphatic heterocycles. The van der Waals surface area contributed by atoms with E-state index in [1.54, 1.807) is 0 Å². The van der Waals surface area contributed by atoms with Crippen molar-refractivity contribution in [2.45, 2.75) is 46.5 Å². The zero-order chi connectivity index (χ0) is 17.9. The summed E-state index contributed by atoms with van der Waals surface area (Å²) in [6, 6.07) is 6.35. The maximum Gasteiger partial charge on any atom is 0.119 e. The highest BCUT2D eigenvalue weighted by atomic mass is 16.1. The fourth-order valence-electron chi connectivity index (χ4n) is 2.26. The first kappa shape index (κ1) is 19.7. The zero-order valence-corrected chi connectivity index (χ0v) is 15.2. The van der Waals surface area contributed by atoms with Crippen LogP contribution in [-0.2, 0) is 4.79 Å². The maximum atomic E-state index is 10.3. The van der Waals surface area contributed by atoms with Crippen LogP contribution in [-0.4, -0.2) is 6.29 Å². The van der Waals surface area contributed by atoms with Gasteiger partial charge in [0.05, 0.1) is 0 Å². The van der Waals surface area contributed by atoms with E-state index in [4.69, 9.17) is 0 Å². The first-order chi connectivity index (χ1) is 11.5. The summed E-state index contributed by atoms with van der Waals surface area (Å²) in [5.41, 5.74) is 6.58. The third-order valence-electron chi connectivity index (χ3n) is 4.03. The minimum absolute atomic E-state index is 0.633. The van der Waals surface area contributed by atoms with Crippen LogP contribution >= 0.6 is 0 Å². The lowest BCUT2D eigenvalue weighted by atomic mass is 10.0. The summed E-state index contributed by atoms with van der Waals surface area (Å²) in [4.78, 5) is 10.3. The van der Waals surface area contributed by atoms with Crippen molar-refractivity contribution in [1.82, 2.24) is 5.32 Å². The molecule has 2 nitrogen and oxygen atoms in total. The molecule has 1 N–H and O–H groups in total. The fourth-order valence-corrected chi connectivity index (χ4v) is 2.26. The molecule has 0 saturated carbocycles. The number of carbonyl (C=O) groups is 1. The van der Waals surface area contributed by atoms with E-state index in [0.29, 0.717) is 6.42 Å². The zero-order valence-electron chi connectivity index (χ0n) is 15.2. The molecule has 0 fully saturated rings. The van der Waals surface area contributed by atoms with Crippen LogP contribution < -0.4 is 5.32 Å². The number of aryl methyl sites for hydroxylation is 2. The Morgan fingerprint density at radius 1 is 1.12 bits per heavy atom. The topological polar surface area (TPSA) is 29.1 Å². The number of hydrogen-bond acceptors (Lipinski definition) is 2. The van der Waals surface area contributed by atoms with Crippen molar-refractivity contribution < 1.29 is 4.79 Å². The number of hydrogen-bond donors (Lipinski definition) is 1. The van der Waals surface area contributed by atoms with Crippen LogP contribution in [0.1, 0.15) is 49.3 Å². The molecule has 24 heavy (non-hydrogen) atoms. The van der Waals surface area contributed by atoms with Gasteiger partial charge in [0.1, 0.15) is 6.29 Å². The Kier molecular flexibility index (Phi) is 8.56. The van der Waals surface area contributed by atoms with Gasteiger partial charge in [0.25, 0.3) is 0 Å². The van der Waals surface area contributed by atoms with Crippen LogP contribution in [0.2, 0.25) is 0 Å². The number of unbranched alkanes of at least 4 members (excludes halogenated alkanes) is 2. The van der Waals surface area contributed by atoms with Crippen molar-refractivity contribution in [2.75, 3.05) is 0 Å². The van der Waals surface area contributed by atoms with Crippen molar-refractivity contribution in [3.8, 4) is 0 Å². The number of benzene rings is 1. The molecule has 0 aliphatic carbocycles. The second kappa shape index (κ2) is 10.4. The van der Waals surface area contributed by atoms with Gasteiger partial charge in [-0.2, -0.15) is 0 Å². The van der Waals surface area contributed by atoms with Crippen LogP contribution in [0.25, 0.3) is 5.70 Å². The first-order valence-electron chi connectivity index (χ1n) is 8.47. The molecular formula is C22H29NO. The summed E-state index contributed by atoms with van der Waals surface area (Å²) >= 11 is 0. The van der Waals surface area contributed by atoms with Gasteiger partial charge in [-0.15, -0.1) is 0 Å². The third-order valence-corrected chi connectivity index (χ3v) is 4.03. The molecule has 0 unspecified atom stereocenters. The van der Waals surface area contributed by atoms with Crippen molar-refractivity contribution in [1.29, 1.82) is 0 Å². The van der Waals surface area contributed by atoms with Crippen LogP contribution in [0.5, 0.6) is 0 Å². The van der Waals surface area contributed by atoms with Crippen LogP contribution in [0.15, 0.2) is 60.9 Å². The largest absolute Gasteiger partial charge is 0.356 e. The van der Waals surface area contributed by atoms with Gasteiger partial charge in [-0.3, -0.25) is 0 Å². The molecule has 0 radical (unpaired) electrons. The lowest BCUT2D eigenvalue weighted by molar-refractivity contribution is -0.107. The molecule has 1 aromatic rings. The Balaban J connectivity index is 2.59. The van der Waals surface area contributed by atoms with Crippen LogP contribution in [0.3, 0.4) is 0 Å². The average Bonchev–Trinajstić information content (AvgIpc) is 2.57. The van der Waals surface area contributed by atoms with E-state index in [1.165, 1.54) is 11.1 Å². The van der Waals surface area contributed by atoms with Gasteiger partial charge in [0, 0.05) is 17.8 Å². The van der Waals surface area contributed by atoms with E-state index < -0.39 is 0 Å². The van der Waals surface area contributed by atoms with Crippen LogP contribution in [0.4, 0.5) is 0 Å². The first-order valence-corrected chi connectivity index (χ1v) is 8.47. The molecule has 2 heteroatoms. The molecule has 0 bridgehead atoms. The predicted octanol–water partition coefficient (Wildman–Crippen LogP) is 5.64. The highest BCUT2D eigenvalue weighted by Crippen LogP contribution is 2.16. The van der Waals surface area contributed by atoms with Crippen LogP contribution in [0, 0.1) is 13.8 Å².